The summed E-state index contributed by atoms with van der Waals surface area (Å²) in [6, 6.07) is 3.56. The molecule has 1 aromatic carbocycles. The van der Waals surface area contributed by atoms with Gasteiger partial charge in [-0.05, 0) is 44.7 Å². The van der Waals surface area contributed by atoms with E-state index in [1.54, 1.807) is 0 Å². The minimum Gasteiger partial charge on any atom is -0.351 e. The van der Waals surface area contributed by atoms with Gasteiger partial charge in [-0.1, -0.05) is 17.7 Å². The van der Waals surface area contributed by atoms with E-state index in [0.717, 1.165) is 22.4 Å². The summed E-state index contributed by atoms with van der Waals surface area (Å²) in [5.41, 5.74) is 9.15. The number of hydrogen-bond acceptors (Lipinski definition) is 3. The largest absolute Gasteiger partial charge is 0.351 e. The van der Waals surface area contributed by atoms with E-state index in [0.29, 0.717) is 25.9 Å². The summed E-state index contributed by atoms with van der Waals surface area (Å²) in [7, 11) is 0. The van der Waals surface area contributed by atoms with Crippen molar-refractivity contribution in [1.29, 1.82) is 0 Å². The van der Waals surface area contributed by atoms with Crippen LogP contribution in [0, 0.1) is 26.7 Å². The number of nitrogens with zero attached hydrogens (tertiary/aromatic N) is 1. The Kier molecular flexibility index (Phi) is 6.01. The van der Waals surface area contributed by atoms with Crippen LogP contribution in [0.2, 0.25) is 0 Å². The molecular weight excluding hydrogens is 320 g/mol. The van der Waals surface area contributed by atoms with Gasteiger partial charge in [-0.2, -0.15) is 0 Å². The van der Waals surface area contributed by atoms with Gasteiger partial charge in [0.15, 0.2) is 0 Å². The van der Waals surface area contributed by atoms with E-state index in [1.807, 2.05) is 32.9 Å². The number of piperidine rings is 1. The van der Waals surface area contributed by atoms with Crippen molar-refractivity contribution in [1.82, 2.24) is 10.2 Å². The monoisotopic (exact) mass is 346 g/mol. The zero-order chi connectivity index (χ0) is 18.6. The number of hydrogen-bond donors (Lipinski definition) is 3. The maximum absolute atomic E-state index is 12.2. The fraction of sp³-hybridized carbons (Fsp3) is 0.500. The van der Waals surface area contributed by atoms with Crippen molar-refractivity contribution in [3.8, 4) is 0 Å². The first-order valence-electron chi connectivity index (χ1n) is 8.47. The molecule has 0 atom stereocenters. The normalized spacial score (nSPS) is 14.9. The Morgan fingerprint density at radius 2 is 1.68 bits per heavy atom. The predicted octanol–water partition coefficient (Wildman–Crippen LogP) is 1.46. The highest BCUT2D eigenvalue weighted by atomic mass is 16.2. The number of primary amides is 1. The van der Waals surface area contributed by atoms with Crippen molar-refractivity contribution < 1.29 is 14.4 Å². The standard InChI is InChI=1S/C18H26N4O3/c1-11-8-12(2)16(13(3)9-11)21-15(23)10-20-17(24)14-4-6-22(7-5-14)18(19)25/h8-9,14H,4-7,10H2,1-3H3,(H2,19,25)(H,20,24)(H,21,23). The van der Waals surface area contributed by atoms with Crippen LogP contribution in [-0.2, 0) is 9.59 Å². The second-order valence-corrected chi connectivity index (χ2v) is 6.64. The van der Waals surface area contributed by atoms with Gasteiger partial charge in [0.1, 0.15) is 0 Å². The quantitative estimate of drug-likeness (QED) is 0.768. The molecule has 7 heteroatoms. The first kappa shape index (κ1) is 18.8. The van der Waals surface area contributed by atoms with Crippen LogP contribution in [0.25, 0.3) is 0 Å². The van der Waals surface area contributed by atoms with Crippen LogP contribution in [0.3, 0.4) is 0 Å². The molecule has 0 bridgehead atoms. The maximum atomic E-state index is 12.2. The minimum absolute atomic E-state index is 0.0678. The van der Waals surface area contributed by atoms with E-state index in [9.17, 15) is 14.4 Å². The first-order valence-corrected chi connectivity index (χ1v) is 8.47. The maximum Gasteiger partial charge on any atom is 0.314 e. The van der Waals surface area contributed by atoms with Crippen LogP contribution >= 0.6 is 0 Å². The zero-order valence-electron chi connectivity index (χ0n) is 15.0. The lowest BCUT2D eigenvalue weighted by Gasteiger charge is -2.29. The molecule has 1 fully saturated rings. The molecule has 1 aliphatic rings. The number of nitrogens with two attached hydrogens (primary N) is 1. The van der Waals surface area contributed by atoms with Crippen molar-refractivity contribution in [2.75, 3.05) is 25.0 Å². The Hall–Kier alpha value is -2.57. The summed E-state index contributed by atoms with van der Waals surface area (Å²) in [6.07, 6.45) is 1.12. The molecule has 0 radical (unpaired) electrons. The number of anilines is 1. The van der Waals surface area contributed by atoms with Gasteiger partial charge in [0.2, 0.25) is 11.8 Å². The molecule has 1 aromatic rings. The number of benzene rings is 1. The molecule has 7 nitrogen and oxygen atoms in total. The minimum atomic E-state index is -0.456. The van der Waals surface area contributed by atoms with Crippen molar-refractivity contribution >= 4 is 23.5 Å². The van der Waals surface area contributed by atoms with Crippen LogP contribution in [0.4, 0.5) is 10.5 Å². The molecule has 136 valence electrons. The predicted molar refractivity (Wildman–Crippen MR) is 96.2 cm³/mol. The van der Waals surface area contributed by atoms with E-state index in [1.165, 1.54) is 4.90 Å². The van der Waals surface area contributed by atoms with Crippen LogP contribution in [-0.4, -0.2) is 42.4 Å². The second kappa shape index (κ2) is 8.00. The van der Waals surface area contributed by atoms with Crippen molar-refractivity contribution in [3.63, 3.8) is 0 Å². The molecule has 1 heterocycles. The fourth-order valence-corrected chi connectivity index (χ4v) is 3.23. The molecule has 0 aliphatic carbocycles. The van der Waals surface area contributed by atoms with Crippen LogP contribution in [0.15, 0.2) is 12.1 Å². The summed E-state index contributed by atoms with van der Waals surface area (Å²) < 4.78 is 0. The number of carbonyl (C=O) groups is 3. The number of aryl methyl sites for hydroxylation is 3. The molecule has 4 N–H and O–H groups in total. The summed E-state index contributed by atoms with van der Waals surface area (Å²) in [5, 5.41) is 5.54. The van der Waals surface area contributed by atoms with Gasteiger partial charge in [0, 0.05) is 24.7 Å². The molecule has 4 amide bonds. The van der Waals surface area contributed by atoms with E-state index in [4.69, 9.17) is 5.73 Å². The van der Waals surface area contributed by atoms with Gasteiger partial charge >= 0.3 is 6.03 Å². The zero-order valence-corrected chi connectivity index (χ0v) is 15.0. The van der Waals surface area contributed by atoms with Gasteiger partial charge in [0.25, 0.3) is 0 Å². The van der Waals surface area contributed by atoms with Crippen LogP contribution < -0.4 is 16.4 Å². The summed E-state index contributed by atoms with van der Waals surface area (Å²) in [5.74, 6) is -0.596. The van der Waals surface area contributed by atoms with Gasteiger partial charge in [0.05, 0.1) is 6.54 Å². The third kappa shape index (κ3) is 4.95. The van der Waals surface area contributed by atoms with Crippen LogP contribution in [0.1, 0.15) is 29.5 Å². The van der Waals surface area contributed by atoms with Crippen molar-refractivity contribution in [2.24, 2.45) is 11.7 Å². The van der Waals surface area contributed by atoms with Gasteiger partial charge < -0.3 is 21.3 Å². The molecule has 25 heavy (non-hydrogen) atoms. The second-order valence-electron chi connectivity index (χ2n) is 6.64. The lowest BCUT2D eigenvalue weighted by Crippen LogP contribution is -2.46. The lowest BCUT2D eigenvalue weighted by molar-refractivity contribution is -0.128. The molecule has 0 aromatic heterocycles. The Bertz CT molecular complexity index is 656. The molecular formula is C18H26N4O3. The third-order valence-corrected chi connectivity index (χ3v) is 4.54. The number of amides is 4. The highest BCUT2D eigenvalue weighted by Crippen LogP contribution is 2.21. The number of carbonyl (C=O) groups excluding carboxylic acids is 3. The van der Waals surface area contributed by atoms with Crippen molar-refractivity contribution in [3.05, 3.63) is 28.8 Å². The Morgan fingerprint density at radius 1 is 1.12 bits per heavy atom. The summed E-state index contributed by atoms with van der Waals surface area (Å²) in [6.45, 7) is 6.78. The fourth-order valence-electron chi connectivity index (χ4n) is 3.23. The van der Waals surface area contributed by atoms with Gasteiger partial charge in [-0.3, -0.25) is 9.59 Å². The molecule has 1 saturated heterocycles. The number of likely N-dealkylation sites (tertiary alicyclic amines) is 1. The summed E-state index contributed by atoms with van der Waals surface area (Å²) in [4.78, 5) is 36.9. The van der Waals surface area contributed by atoms with Crippen LogP contribution in [0.5, 0.6) is 0 Å². The summed E-state index contributed by atoms with van der Waals surface area (Å²) >= 11 is 0. The SMILES string of the molecule is Cc1cc(C)c(NC(=O)CNC(=O)C2CCN(C(N)=O)CC2)c(C)c1. The number of nitrogens with one attached hydrogen (secondary N) is 2. The average Bonchev–Trinajstić information content (AvgIpc) is 2.56. The lowest BCUT2D eigenvalue weighted by atomic mass is 9.96. The third-order valence-electron chi connectivity index (χ3n) is 4.54. The van der Waals surface area contributed by atoms with E-state index >= 15 is 0 Å². The van der Waals surface area contributed by atoms with Crippen molar-refractivity contribution in [2.45, 2.75) is 33.6 Å². The van der Waals surface area contributed by atoms with E-state index in [2.05, 4.69) is 10.6 Å². The first-order chi connectivity index (χ1) is 11.8. The Morgan fingerprint density at radius 3 is 2.20 bits per heavy atom. The molecule has 2 rings (SSSR count). The highest BCUT2D eigenvalue weighted by molar-refractivity contribution is 5.96. The van der Waals surface area contributed by atoms with Gasteiger partial charge in [-0.25, -0.2) is 4.79 Å². The average molecular weight is 346 g/mol. The smallest absolute Gasteiger partial charge is 0.314 e. The Labute approximate surface area is 147 Å². The molecule has 0 unspecified atom stereocenters. The molecule has 0 spiro atoms. The van der Waals surface area contributed by atoms with E-state index in [-0.39, 0.29) is 24.3 Å². The highest BCUT2D eigenvalue weighted by Gasteiger charge is 2.26. The van der Waals surface area contributed by atoms with Gasteiger partial charge in [-0.15, -0.1) is 0 Å². The molecule has 0 saturated carbocycles. The number of urea groups is 1. The van der Waals surface area contributed by atoms with E-state index < -0.39 is 6.03 Å². The topological polar surface area (TPSA) is 105 Å². The Balaban J connectivity index is 1.82. The molecule has 1 aliphatic heterocycles. The number of rotatable bonds is 4.